The van der Waals surface area contributed by atoms with Gasteiger partial charge < -0.3 is 4.74 Å². The smallest absolute Gasteiger partial charge is 0.106 e. The van der Waals surface area contributed by atoms with Crippen LogP contribution in [0.15, 0.2) is 53.3 Å². The Balaban J connectivity index is 1.65. The van der Waals surface area contributed by atoms with Gasteiger partial charge in [0, 0.05) is 25.8 Å². The first-order valence-corrected chi connectivity index (χ1v) is 7.60. The monoisotopic (exact) mass is 332 g/mol. The van der Waals surface area contributed by atoms with E-state index in [2.05, 4.69) is 56.1 Å². The lowest BCUT2D eigenvalue weighted by atomic mass is 10.1. The minimum absolute atomic E-state index is 0.174. The molecule has 0 spiro atoms. The van der Waals surface area contributed by atoms with Gasteiger partial charge in [-0.05, 0) is 33.1 Å². The van der Waals surface area contributed by atoms with Crippen molar-refractivity contribution in [2.45, 2.75) is 12.6 Å². The molecular formula is C16H17BrN2O. The van der Waals surface area contributed by atoms with E-state index in [1.165, 1.54) is 11.1 Å². The van der Waals surface area contributed by atoms with E-state index in [1.807, 2.05) is 18.3 Å². The minimum atomic E-state index is 0.174. The highest BCUT2D eigenvalue weighted by Gasteiger charge is 2.21. The molecule has 1 aliphatic heterocycles. The molecule has 1 aliphatic rings. The summed E-state index contributed by atoms with van der Waals surface area (Å²) in [6, 6.07) is 14.5. The Kier molecular flexibility index (Phi) is 4.45. The third-order valence-electron chi connectivity index (χ3n) is 3.52. The predicted molar refractivity (Wildman–Crippen MR) is 82.3 cm³/mol. The quantitative estimate of drug-likeness (QED) is 0.805. The fraction of sp³-hybridized carbons (Fsp3) is 0.312. The first kappa shape index (κ1) is 13.7. The van der Waals surface area contributed by atoms with Crippen LogP contribution in [0.5, 0.6) is 0 Å². The maximum Gasteiger partial charge on any atom is 0.106 e. The lowest BCUT2D eigenvalue weighted by Gasteiger charge is -2.33. The van der Waals surface area contributed by atoms with E-state index in [4.69, 9.17) is 4.74 Å². The number of hydrogen-bond donors (Lipinski definition) is 0. The second kappa shape index (κ2) is 6.48. The highest BCUT2D eigenvalue weighted by molar-refractivity contribution is 9.10. The molecule has 1 aromatic heterocycles. The Bertz CT molecular complexity index is 544. The molecule has 2 aromatic rings. The van der Waals surface area contributed by atoms with E-state index in [9.17, 15) is 0 Å². The van der Waals surface area contributed by atoms with Crippen molar-refractivity contribution in [3.8, 4) is 0 Å². The first-order valence-electron chi connectivity index (χ1n) is 6.80. The van der Waals surface area contributed by atoms with Gasteiger partial charge in [-0.3, -0.25) is 4.90 Å². The molecule has 0 N–H and O–H groups in total. The summed E-state index contributed by atoms with van der Waals surface area (Å²) in [5.74, 6) is 0. The molecule has 0 radical (unpaired) electrons. The molecule has 1 atom stereocenters. The van der Waals surface area contributed by atoms with Gasteiger partial charge in [-0.2, -0.15) is 0 Å². The Hall–Kier alpha value is -1.23. The number of ether oxygens (including phenoxy) is 1. The van der Waals surface area contributed by atoms with Crippen molar-refractivity contribution < 1.29 is 4.74 Å². The van der Waals surface area contributed by atoms with Gasteiger partial charge in [-0.1, -0.05) is 36.4 Å². The average Bonchev–Trinajstić information content (AvgIpc) is 2.51. The van der Waals surface area contributed by atoms with Gasteiger partial charge in [0.1, 0.15) is 4.60 Å². The van der Waals surface area contributed by atoms with Gasteiger partial charge in [-0.15, -0.1) is 0 Å². The van der Waals surface area contributed by atoms with E-state index in [0.717, 1.165) is 30.8 Å². The van der Waals surface area contributed by atoms with Gasteiger partial charge in [-0.25, -0.2) is 4.98 Å². The summed E-state index contributed by atoms with van der Waals surface area (Å²) < 4.78 is 6.77. The first-order chi connectivity index (χ1) is 9.81. The number of pyridine rings is 1. The van der Waals surface area contributed by atoms with Crippen LogP contribution in [0.3, 0.4) is 0 Å². The lowest BCUT2D eigenvalue weighted by Crippen LogP contribution is -2.37. The van der Waals surface area contributed by atoms with Crippen molar-refractivity contribution in [3.05, 3.63) is 64.4 Å². The van der Waals surface area contributed by atoms with Gasteiger partial charge in [0.2, 0.25) is 0 Å². The molecule has 1 fully saturated rings. The summed E-state index contributed by atoms with van der Waals surface area (Å²) >= 11 is 3.37. The fourth-order valence-electron chi connectivity index (χ4n) is 2.47. The lowest BCUT2D eigenvalue weighted by molar-refractivity contribution is -0.0329. The van der Waals surface area contributed by atoms with Crippen molar-refractivity contribution in [2.75, 3.05) is 19.7 Å². The highest BCUT2D eigenvalue weighted by Crippen LogP contribution is 2.23. The summed E-state index contributed by atoms with van der Waals surface area (Å²) in [6.45, 7) is 3.61. The van der Waals surface area contributed by atoms with Crippen molar-refractivity contribution in [2.24, 2.45) is 0 Å². The summed E-state index contributed by atoms with van der Waals surface area (Å²) in [7, 11) is 0. The molecule has 4 heteroatoms. The van der Waals surface area contributed by atoms with Crippen LogP contribution in [0.1, 0.15) is 17.2 Å². The number of benzene rings is 1. The number of rotatable bonds is 3. The highest BCUT2D eigenvalue weighted by atomic mass is 79.9. The van der Waals surface area contributed by atoms with Crippen LogP contribution in [0.2, 0.25) is 0 Å². The van der Waals surface area contributed by atoms with Gasteiger partial charge >= 0.3 is 0 Å². The molecule has 3 nitrogen and oxygen atoms in total. The normalized spacial score (nSPS) is 19.9. The third kappa shape index (κ3) is 3.45. The van der Waals surface area contributed by atoms with Crippen LogP contribution >= 0.6 is 15.9 Å². The molecule has 1 aromatic carbocycles. The van der Waals surface area contributed by atoms with E-state index < -0.39 is 0 Å². The molecule has 0 unspecified atom stereocenters. The van der Waals surface area contributed by atoms with Gasteiger partial charge in [0.05, 0.1) is 12.7 Å². The second-order valence-electron chi connectivity index (χ2n) is 4.99. The average molecular weight is 333 g/mol. The Morgan fingerprint density at radius 3 is 2.80 bits per heavy atom. The van der Waals surface area contributed by atoms with Crippen LogP contribution in [-0.4, -0.2) is 29.6 Å². The van der Waals surface area contributed by atoms with Crippen molar-refractivity contribution >= 4 is 15.9 Å². The molecule has 20 heavy (non-hydrogen) atoms. The van der Waals surface area contributed by atoms with Gasteiger partial charge in [0.25, 0.3) is 0 Å². The fourth-order valence-corrected chi connectivity index (χ4v) is 2.71. The number of aromatic nitrogens is 1. The molecule has 1 saturated heterocycles. The van der Waals surface area contributed by atoms with Crippen LogP contribution in [0.4, 0.5) is 0 Å². The van der Waals surface area contributed by atoms with Crippen LogP contribution < -0.4 is 0 Å². The minimum Gasteiger partial charge on any atom is -0.371 e. The predicted octanol–water partition coefficient (Wildman–Crippen LogP) is 3.42. The molecule has 0 amide bonds. The maximum absolute atomic E-state index is 5.89. The molecule has 3 rings (SSSR count). The Labute approximate surface area is 127 Å². The standard InChI is InChI=1S/C16H17BrN2O/c17-16-7-6-13(10-18-16)11-19-8-9-20-15(12-19)14-4-2-1-3-5-14/h1-7,10,15H,8-9,11-12H2/t15-/m1/s1. The van der Waals surface area contributed by atoms with Crippen molar-refractivity contribution in [3.63, 3.8) is 0 Å². The SMILES string of the molecule is Brc1ccc(CN2CCO[C@@H](c3ccccc3)C2)cn1. The number of morpholine rings is 1. The van der Waals surface area contributed by atoms with Crippen LogP contribution in [-0.2, 0) is 11.3 Å². The topological polar surface area (TPSA) is 25.4 Å². The molecule has 2 heterocycles. The van der Waals surface area contributed by atoms with Crippen molar-refractivity contribution in [1.29, 1.82) is 0 Å². The molecule has 0 bridgehead atoms. The molecule has 104 valence electrons. The number of halogens is 1. The van der Waals surface area contributed by atoms with E-state index in [1.54, 1.807) is 0 Å². The molecule has 0 aliphatic carbocycles. The summed E-state index contributed by atoms with van der Waals surface area (Å²) in [6.07, 6.45) is 2.10. The summed E-state index contributed by atoms with van der Waals surface area (Å²) in [4.78, 5) is 6.70. The zero-order valence-electron chi connectivity index (χ0n) is 11.2. The van der Waals surface area contributed by atoms with E-state index in [-0.39, 0.29) is 6.10 Å². The number of nitrogens with zero attached hydrogens (tertiary/aromatic N) is 2. The molecule has 0 saturated carbocycles. The van der Waals surface area contributed by atoms with E-state index in [0.29, 0.717) is 0 Å². The van der Waals surface area contributed by atoms with Gasteiger partial charge in [0.15, 0.2) is 0 Å². The van der Waals surface area contributed by atoms with E-state index >= 15 is 0 Å². The Morgan fingerprint density at radius 2 is 2.05 bits per heavy atom. The zero-order chi connectivity index (χ0) is 13.8. The zero-order valence-corrected chi connectivity index (χ0v) is 12.8. The summed E-state index contributed by atoms with van der Waals surface area (Å²) in [5, 5.41) is 0. The summed E-state index contributed by atoms with van der Waals surface area (Å²) in [5.41, 5.74) is 2.49. The largest absolute Gasteiger partial charge is 0.371 e. The third-order valence-corrected chi connectivity index (χ3v) is 3.99. The van der Waals surface area contributed by atoms with Crippen molar-refractivity contribution in [1.82, 2.24) is 9.88 Å². The second-order valence-corrected chi connectivity index (χ2v) is 5.81. The molecular weight excluding hydrogens is 316 g/mol. The van der Waals surface area contributed by atoms with Crippen LogP contribution in [0.25, 0.3) is 0 Å². The maximum atomic E-state index is 5.89. The van der Waals surface area contributed by atoms with Crippen LogP contribution in [0, 0.1) is 0 Å². The Morgan fingerprint density at radius 1 is 1.20 bits per heavy atom. The number of hydrogen-bond acceptors (Lipinski definition) is 3.